The van der Waals surface area contributed by atoms with Gasteiger partial charge in [-0.3, -0.25) is 9.59 Å². The van der Waals surface area contributed by atoms with Gasteiger partial charge in [-0.25, -0.2) is 4.68 Å². The van der Waals surface area contributed by atoms with Crippen LogP contribution < -0.4 is 5.32 Å². The van der Waals surface area contributed by atoms with Crippen molar-refractivity contribution < 1.29 is 14.3 Å². The van der Waals surface area contributed by atoms with Gasteiger partial charge >= 0.3 is 5.97 Å². The number of aromatic nitrogens is 4. The molecule has 0 fully saturated rings. The van der Waals surface area contributed by atoms with Crippen LogP contribution in [-0.4, -0.2) is 38.7 Å². The summed E-state index contributed by atoms with van der Waals surface area (Å²) < 4.78 is 6.14. The smallest absolute Gasteiger partial charge is 0.328 e. The van der Waals surface area contributed by atoms with E-state index in [0.29, 0.717) is 0 Å². The molecular weight excluding hydrogens is 346 g/mol. The number of carbonyl (C=O) groups is 2. The van der Waals surface area contributed by atoms with Crippen LogP contribution >= 0.6 is 0 Å². The van der Waals surface area contributed by atoms with Gasteiger partial charge in [-0.2, -0.15) is 0 Å². The number of amides is 1. The Hall–Kier alpha value is -3.55. The second kappa shape index (κ2) is 8.70. The van der Waals surface area contributed by atoms with Gasteiger partial charge in [0.15, 0.2) is 6.61 Å². The zero-order valence-electron chi connectivity index (χ0n) is 14.8. The monoisotopic (exact) mass is 365 g/mol. The van der Waals surface area contributed by atoms with Gasteiger partial charge in [0, 0.05) is 0 Å². The number of hydrogen-bond acceptors (Lipinski definition) is 6. The normalized spacial score (nSPS) is 11.6. The van der Waals surface area contributed by atoms with E-state index in [-0.39, 0.29) is 25.1 Å². The first-order valence-electron chi connectivity index (χ1n) is 8.43. The molecule has 0 saturated carbocycles. The predicted octanol–water partition coefficient (Wildman–Crippen LogP) is 1.76. The third-order valence-electron chi connectivity index (χ3n) is 3.94. The van der Waals surface area contributed by atoms with Crippen molar-refractivity contribution in [3.05, 3.63) is 66.5 Å². The summed E-state index contributed by atoms with van der Waals surface area (Å²) >= 11 is 0. The number of carbonyl (C=O) groups excluding carboxylic acids is 2. The summed E-state index contributed by atoms with van der Waals surface area (Å²) in [5, 5.41) is 13.2. The van der Waals surface area contributed by atoms with Gasteiger partial charge in [0.2, 0.25) is 0 Å². The van der Waals surface area contributed by atoms with E-state index >= 15 is 0 Å². The van der Waals surface area contributed by atoms with Crippen LogP contribution in [0.3, 0.4) is 0 Å². The van der Waals surface area contributed by atoms with Crippen LogP contribution in [0, 0.1) is 0 Å². The van der Waals surface area contributed by atoms with Gasteiger partial charge in [-0.1, -0.05) is 54.6 Å². The van der Waals surface area contributed by atoms with Gasteiger partial charge in [-0.15, -0.1) is 5.10 Å². The van der Waals surface area contributed by atoms with E-state index in [1.807, 2.05) is 61.5 Å². The molecule has 3 rings (SSSR count). The zero-order valence-corrected chi connectivity index (χ0v) is 14.8. The van der Waals surface area contributed by atoms with Crippen molar-refractivity contribution in [2.24, 2.45) is 0 Å². The molecule has 1 N–H and O–H groups in total. The predicted molar refractivity (Wildman–Crippen MR) is 97.2 cm³/mol. The van der Waals surface area contributed by atoms with Crippen molar-refractivity contribution in [1.29, 1.82) is 0 Å². The summed E-state index contributed by atoms with van der Waals surface area (Å²) in [6.45, 7) is 1.38. The Bertz CT molecular complexity index is 879. The van der Waals surface area contributed by atoms with Gasteiger partial charge in [0.1, 0.15) is 12.9 Å². The molecule has 8 nitrogen and oxygen atoms in total. The second-order valence-corrected chi connectivity index (χ2v) is 5.95. The van der Waals surface area contributed by atoms with Crippen LogP contribution in [0.2, 0.25) is 0 Å². The van der Waals surface area contributed by atoms with Crippen LogP contribution in [0.5, 0.6) is 0 Å². The van der Waals surface area contributed by atoms with Crippen molar-refractivity contribution >= 4 is 11.9 Å². The molecule has 0 radical (unpaired) electrons. The lowest BCUT2D eigenvalue weighted by molar-refractivity contribution is -0.149. The molecule has 0 unspecified atom stereocenters. The standard InChI is InChI=1S/C19H19N5O3/c1-14(15-7-9-17(10-8-15)16-5-3-2-4-6-16)21-18(25)12-27-19(26)11-24-13-20-22-23-24/h2-10,13-14H,11-12H2,1H3,(H,21,25)/t14-/m1/s1. The highest BCUT2D eigenvalue weighted by Gasteiger charge is 2.13. The molecule has 1 heterocycles. The molecule has 1 amide bonds. The maximum atomic E-state index is 12.0. The maximum absolute atomic E-state index is 12.0. The van der Waals surface area contributed by atoms with Crippen LogP contribution in [0.1, 0.15) is 18.5 Å². The highest BCUT2D eigenvalue weighted by atomic mass is 16.5. The molecule has 1 atom stereocenters. The molecule has 0 aliphatic rings. The number of benzene rings is 2. The molecular formula is C19H19N5O3. The van der Waals surface area contributed by atoms with Crippen LogP contribution in [0.4, 0.5) is 0 Å². The van der Waals surface area contributed by atoms with Gasteiger partial charge in [-0.05, 0) is 34.0 Å². The van der Waals surface area contributed by atoms with E-state index in [4.69, 9.17) is 4.74 Å². The Morgan fingerprint density at radius 3 is 2.44 bits per heavy atom. The van der Waals surface area contributed by atoms with Gasteiger partial charge in [0.25, 0.3) is 5.91 Å². The summed E-state index contributed by atoms with van der Waals surface area (Å²) in [7, 11) is 0. The molecule has 27 heavy (non-hydrogen) atoms. The molecule has 3 aromatic rings. The quantitative estimate of drug-likeness (QED) is 0.641. The van der Waals surface area contributed by atoms with Crippen molar-refractivity contribution in [1.82, 2.24) is 25.5 Å². The fourth-order valence-corrected chi connectivity index (χ4v) is 2.54. The average molecular weight is 365 g/mol. The minimum absolute atomic E-state index is 0.142. The molecule has 138 valence electrons. The van der Waals surface area contributed by atoms with E-state index in [2.05, 4.69) is 20.8 Å². The van der Waals surface area contributed by atoms with Crippen molar-refractivity contribution in [3.8, 4) is 11.1 Å². The zero-order chi connectivity index (χ0) is 19.1. The number of esters is 1. The summed E-state index contributed by atoms with van der Waals surface area (Å²) in [6.07, 6.45) is 1.29. The third-order valence-corrected chi connectivity index (χ3v) is 3.94. The lowest BCUT2D eigenvalue weighted by Crippen LogP contribution is -2.31. The fraction of sp³-hybridized carbons (Fsp3) is 0.211. The average Bonchev–Trinajstić information content (AvgIpc) is 3.20. The second-order valence-electron chi connectivity index (χ2n) is 5.95. The van der Waals surface area contributed by atoms with Crippen molar-refractivity contribution in [2.75, 3.05) is 6.61 Å². The van der Waals surface area contributed by atoms with E-state index in [1.54, 1.807) is 0 Å². The molecule has 8 heteroatoms. The van der Waals surface area contributed by atoms with Gasteiger partial charge in [0.05, 0.1) is 6.04 Å². The number of rotatable bonds is 7. The highest BCUT2D eigenvalue weighted by Crippen LogP contribution is 2.21. The molecule has 2 aromatic carbocycles. The van der Waals surface area contributed by atoms with Gasteiger partial charge < -0.3 is 10.1 Å². The Kier molecular flexibility index (Phi) is 5.88. The van der Waals surface area contributed by atoms with E-state index < -0.39 is 5.97 Å². The van der Waals surface area contributed by atoms with Crippen molar-refractivity contribution in [3.63, 3.8) is 0 Å². The third kappa shape index (κ3) is 5.21. The van der Waals surface area contributed by atoms with Crippen molar-refractivity contribution in [2.45, 2.75) is 19.5 Å². The number of nitrogens with zero attached hydrogens (tertiary/aromatic N) is 4. The maximum Gasteiger partial charge on any atom is 0.328 e. The Labute approximate surface area is 156 Å². The first kappa shape index (κ1) is 18.2. The SMILES string of the molecule is C[C@@H](NC(=O)COC(=O)Cn1cnnn1)c1ccc(-c2ccccc2)cc1. The highest BCUT2D eigenvalue weighted by molar-refractivity contribution is 5.80. The first-order chi connectivity index (χ1) is 13.1. The largest absolute Gasteiger partial charge is 0.454 e. The molecule has 0 bridgehead atoms. The molecule has 1 aromatic heterocycles. The fourth-order valence-electron chi connectivity index (χ4n) is 2.54. The topological polar surface area (TPSA) is 99.0 Å². The van der Waals surface area contributed by atoms with E-state index in [1.165, 1.54) is 11.0 Å². The van der Waals surface area contributed by atoms with Crippen LogP contribution in [-0.2, 0) is 20.9 Å². The number of tetrazole rings is 1. The molecule has 0 aliphatic heterocycles. The first-order valence-corrected chi connectivity index (χ1v) is 8.43. The molecule has 0 spiro atoms. The van der Waals surface area contributed by atoms with E-state index in [0.717, 1.165) is 16.7 Å². The molecule has 0 aliphatic carbocycles. The molecule has 0 saturated heterocycles. The summed E-state index contributed by atoms with van der Waals surface area (Å²) in [5.74, 6) is -0.961. The minimum Gasteiger partial charge on any atom is -0.454 e. The lowest BCUT2D eigenvalue weighted by Gasteiger charge is -2.15. The number of ether oxygens (including phenoxy) is 1. The lowest BCUT2D eigenvalue weighted by atomic mass is 10.0. The number of hydrogen-bond donors (Lipinski definition) is 1. The summed E-state index contributed by atoms with van der Waals surface area (Å²) in [6, 6.07) is 17.8. The number of nitrogens with one attached hydrogen (secondary N) is 1. The van der Waals surface area contributed by atoms with E-state index in [9.17, 15) is 9.59 Å². The Morgan fingerprint density at radius 2 is 1.78 bits per heavy atom. The summed E-state index contributed by atoms with van der Waals surface area (Å²) in [4.78, 5) is 23.6. The minimum atomic E-state index is -0.586. The van der Waals surface area contributed by atoms with Crippen LogP contribution in [0.15, 0.2) is 60.9 Å². The Balaban J connectivity index is 1.48. The Morgan fingerprint density at radius 1 is 1.07 bits per heavy atom. The van der Waals surface area contributed by atoms with Crippen LogP contribution in [0.25, 0.3) is 11.1 Å². The summed E-state index contributed by atoms with van der Waals surface area (Å²) in [5.41, 5.74) is 3.20.